The van der Waals surface area contributed by atoms with Crippen LogP contribution in [0.5, 0.6) is 5.75 Å². The van der Waals surface area contributed by atoms with Crippen molar-refractivity contribution >= 4 is 21.6 Å². The summed E-state index contributed by atoms with van der Waals surface area (Å²) in [5.41, 5.74) is 3.49. The molecule has 0 amide bonds. The third-order valence-corrected chi connectivity index (χ3v) is 7.12. The quantitative estimate of drug-likeness (QED) is 0.462. The van der Waals surface area contributed by atoms with Crippen molar-refractivity contribution in [3.05, 3.63) is 92.3 Å². The Balaban J connectivity index is 1.45. The highest BCUT2D eigenvalue weighted by Crippen LogP contribution is 2.33. The van der Waals surface area contributed by atoms with E-state index in [9.17, 15) is 4.79 Å². The van der Waals surface area contributed by atoms with E-state index in [0.717, 1.165) is 46.4 Å². The Kier molecular flexibility index (Phi) is 5.57. The van der Waals surface area contributed by atoms with Crippen LogP contribution in [0.1, 0.15) is 46.3 Å². The van der Waals surface area contributed by atoms with Crippen LogP contribution in [0.4, 0.5) is 0 Å². The minimum Gasteiger partial charge on any atom is -0.497 e. The third kappa shape index (κ3) is 4.01. The van der Waals surface area contributed by atoms with E-state index in [4.69, 9.17) is 9.72 Å². The molecule has 31 heavy (non-hydrogen) atoms. The highest BCUT2D eigenvalue weighted by Gasteiger charge is 2.20. The van der Waals surface area contributed by atoms with Crippen molar-refractivity contribution in [3.63, 3.8) is 0 Å². The van der Waals surface area contributed by atoms with Gasteiger partial charge in [0.2, 0.25) is 0 Å². The maximum Gasteiger partial charge on any atom is 0.259 e. The molecule has 6 heteroatoms. The molecule has 158 valence electrons. The summed E-state index contributed by atoms with van der Waals surface area (Å²) in [4.78, 5) is 22.9. The number of rotatable bonds is 6. The molecule has 5 rings (SSSR count). The van der Waals surface area contributed by atoms with Gasteiger partial charge in [-0.3, -0.25) is 10.1 Å². The Labute approximate surface area is 185 Å². The maximum absolute atomic E-state index is 12.9. The lowest BCUT2D eigenvalue weighted by Crippen LogP contribution is -2.25. The lowest BCUT2D eigenvalue weighted by atomic mass is 9.97. The van der Waals surface area contributed by atoms with Gasteiger partial charge in [0.25, 0.3) is 5.56 Å². The molecule has 5 nitrogen and oxygen atoms in total. The first-order valence-electron chi connectivity index (χ1n) is 10.7. The first kappa shape index (κ1) is 20.0. The second kappa shape index (κ2) is 8.65. The number of aromatic amines is 1. The number of ether oxygens (including phenoxy) is 1. The van der Waals surface area contributed by atoms with Crippen LogP contribution in [0.15, 0.2) is 59.4 Å². The molecule has 4 aromatic rings. The van der Waals surface area contributed by atoms with E-state index in [2.05, 4.69) is 34.6 Å². The van der Waals surface area contributed by atoms with E-state index in [1.807, 2.05) is 30.3 Å². The maximum atomic E-state index is 12.9. The Hall–Kier alpha value is -2.96. The van der Waals surface area contributed by atoms with Gasteiger partial charge in [-0.15, -0.1) is 11.3 Å². The number of nitrogens with one attached hydrogen (secondary N) is 2. The SMILES string of the molecule is COc1ccc(C(NCc2nc3sc4c(c3c(=O)[nH]2)CCCC4)c2ccccc2)cc1. The Morgan fingerprint density at radius 2 is 1.81 bits per heavy atom. The number of hydrogen-bond acceptors (Lipinski definition) is 5. The van der Waals surface area contributed by atoms with E-state index in [0.29, 0.717) is 12.4 Å². The van der Waals surface area contributed by atoms with Gasteiger partial charge in [-0.1, -0.05) is 42.5 Å². The first-order chi connectivity index (χ1) is 15.2. The van der Waals surface area contributed by atoms with Crippen LogP contribution >= 0.6 is 11.3 Å². The monoisotopic (exact) mass is 431 g/mol. The van der Waals surface area contributed by atoms with Crippen molar-refractivity contribution in [1.82, 2.24) is 15.3 Å². The van der Waals surface area contributed by atoms with E-state index >= 15 is 0 Å². The minimum atomic E-state index is -0.0235. The molecule has 2 N–H and O–H groups in total. The predicted octanol–water partition coefficient (Wildman–Crippen LogP) is 4.75. The third-order valence-electron chi connectivity index (χ3n) is 5.93. The van der Waals surface area contributed by atoms with Crippen LogP contribution in [-0.4, -0.2) is 17.1 Å². The zero-order chi connectivity index (χ0) is 21.2. The molecule has 0 bridgehead atoms. The summed E-state index contributed by atoms with van der Waals surface area (Å²) in [6.07, 6.45) is 4.41. The second-order valence-electron chi connectivity index (χ2n) is 7.90. The summed E-state index contributed by atoms with van der Waals surface area (Å²) in [6, 6.07) is 18.3. The van der Waals surface area contributed by atoms with Crippen molar-refractivity contribution in [2.45, 2.75) is 38.3 Å². The zero-order valence-electron chi connectivity index (χ0n) is 17.5. The van der Waals surface area contributed by atoms with Gasteiger partial charge in [0.1, 0.15) is 16.4 Å². The summed E-state index contributed by atoms with van der Waals surface area (Å²) in [5, 5.41) is 4.39. The van der Waals surface area contributed by atoms with Gasteiger partial charge in [-0.2, -0.15) is 0 Å². The number of thiophene rings is 1. The molecule has 0 saturated heterocycles. The van der Waals surface area contributed by atoms with Crippen molar-refractivity contribution < 1.29 is 4.74 Å². The number of methoxy groups -OCH3 is 1. The van der Waals surface area contributed by atoms with Gasteiger partial charge < -0.3 is 9.72 Å². The highest BCUT2D eigenvalue weighted by molar-refractivity contribution is 7.18. The molecule has 0 radical (unpaired) electrons. The number of aryl methyl sites for hydroxylation is 2. The predicted molar refractivity (Wildman–Crippen MR) is 125 cm³/mol. The molecule has 0 fully saturated rings. The molecule has 0 spiro atoms. The molecule has 0 aliphatic heterocycles. The molecule has 2 heterocycles. The fraction of sp³-hybridized carbons (Fsp3) is 0.280. The second-order valence-corrected chi connectivity index (χ2v) is 8.99. The number of hydrogen-bond donors (Lipinski definition) is 2. The summed E-state index contributed by atoms with van der Waals surface area (Å²) in [5.74, 6) is 1.50. The number of H-pyrrole nitrogens is 1. The number of fused-ring (bicyclic) bond motifs is 3. The fourth-order valence-corrected chi connectivity index (χ4v) is 5.64. The van der Waals surface area contributed by atoms with Crippen molar-refractivity contribution in [2.24, 2.45) is 0 Å². The van der Waals surface area contributed by atoms with Gasteiger partial charge in [-0.25, -0.2) is 4.98 Å². The number of nitrogens with zero attached hydrogens (tertiary/aromatic N) is 1. The average Bonchev–Trinajstić information content (AvgIpc) is 3.19. The van der Waals surface area contributed by atoms with Crippen LogP contribution in [0.25, 0.3) is 10.2 Å². The van der Waals surface area contributed by atoms with Crippen LogP contribution in [0, 0.1) is 0 Å². The summed E-state index contributed by atoms with van der Waals surface area (Å²) >= 11 is 1.69. The molecule has 1 unspecified atom stereocenters. The molecular formula is C25H25N3O2S. The lowest BCUT2D eigenvalue weighted by Gasteiger charge is -2.20. The van der Waals surface area contributed by atoms with E-state index < -0.39 is 0 Å². The molecule has 1 aliphatic rings. The molecule has 1 aliphatic carbocycles. The summed E-state index contributed by atoms with van der Waals surface area (Å²) in [6.45, 7) is 0.472. The standard InChI is InChI=1S/C25H25N3O2S/c1-30-18-13-11-17(12-14-18)23(16-7-3-2-4-8-16)26-15-21-27-24(29)22-19-9-5-6-10-20(19)31-25(22)28-21/h2-4,7-8,11-14,23,26H,5-6,9-10,15H2,1H3,(H,27,28,29). The van der Waals surface area contributed by atoms with Gasteiger partial charge in [0.15, 0.2) is 0 Å². The molecule has 2 aromatic heterocycles. The molecule has 1 atom stereocenters. The first-order valence-corrected chi connectivity index (χ1v) is 11.5. The normalized spacial score (nSPS) is 14.4. The van der Waals surface area contributed by atoms with Crippen LogP contribution in [0.2, 0.25) is 0 Å². The van der Waals surface area contributed by atoms with E-state index in [1.54, 1.807) is 18.4 Å². The fourth-order valence-electron chi connectivity index (χ4n) is 4.36. The van der Waals surface area contributed by atoms with E-state index in [1.165, 1.54) is 16.9 Å². The molecule has 0 saturated carbocycles. The highest BCUT2D eigenvalue weighted by atomic mass is 32.1. The zero-order valence-corrected chi connectivity index (χ0v) is 18.3. The molecule has 2 aromatic carbocycles. The number of benzene rings is 2. The summed E-state index contributed by atoms with van der Waals surface area (Å²) in [7, 11) is 1.67. The topological polar surface area (TPSA) is 67.0 Å². The van der Waals surface area contributed by atoms with Crippen molar-refractivity contribution in [3.8, 4) is 5.75 Å². The van der Waals surface area contributed by atoms with Crippen molar-refractivity contribution in [1.29, 1.82) is 0 Å². The average molecular weight is 432 g/mol. The largest absolute Gasteiger partial charge is 0.497 e. The van der Waals surface area contributed by atoms with Gasteiger partial charge in [0.05, 0.1) is 25.1 Å². The van der Waals surface area contributed by atoms with Gasteiger partial charge in [-0.05, 0) is 54.5 Å². The Morgan fingerprint density at radius 1 is 1.06 bits per heavy atom. The van der Waals surface area contributed by atoms with Crippen molar-refractivity contribution in [2.75, 3.05) is 7.11 Å². The lowest BCUT2D eigenvalue weighted by molar-refractivity contribution is 0.414. The minimum absolute atomic E-state index is 0.0121. The Bertz CT molecular complexity index is 1250. The van der Waals surface area contributed by atoms with Crippen LogP contribution < -0.4 is 15.6 Å². The molecular weight excluding hydrogens is 406 g/mol. The van der Waals surface area contributed by atoms with Crippen LogP contribution in [0.3, 0.4) is 0 Å². The van der Waals surface area contributed by atoms with Crippen LogP contribution in [-0.2, 0) is 19.4 Å². The van der Waals surface area contributed by atoms with E-state index in [-0.39, 0.29) is 11.6 Å². The van der Waals surface area contributed by atoms with Gasteiger partial charge >= 0.3 is 0 Å². The van der Waals surface area contributed by atoms with Gasteiger partial charge in [0, 0.05) is 4.88 Å². The number of aromatic nitrogens is 2. The smallest absolute Gasteiger partial charge is 0.259 e. The Morgan fingerprint density at radius 3 is 2.58 bits per heavy atom. The summed E-state index contributed by atoms with van der Waals surface area (Å²) < 4.78 is 5.30.